The molecule has 0 spiro atoms. The first-order valence-electron chi connectivity index (χ1n) is 5.82. The Morgan fingerprint density at radius 3 is 2.83 bits per heavy atom. The maximum absolute atomic E-state index is 11.2. The first-order chi connectivity index (χ1) is 8.56. The largest absolute Gasteiger partial charge is 0.469 e. The number of allylic oxidation sites excluding steroid dienone is 2. The molecule has 6 heteroatoms. The van der Waals surface area contributed by atoms with Gasteiger partial charge in [-0.2, -0.15) is 0 Å². The molecule has 0 aliphatic heterocycles. The zero-order valence-corrected chi connectivity index (χ0v) is 10.9. The first-order valence-corrected chi connectivity index (χ1v) is 5.82. The fourth-order valence-corrected chi connectivity index (χ4v) is 1.51. The van der Waals surface area contributed by atoms with E-state index in [0.29, 0.717) is 12.4 Å². The zero-order valence-electron chi connectivity index (χ0n) is 10.9. The summed E-state index contributed by atoms with van der Waals surface area (Å²) in [5.41, 5.74) is 0. The van der Waals surface area contributed by atoms with Crippen LogP contribution in [0.4, 0.5) is 0 Å². The van der Waals surface area contributed by atoms with E-state index in [1.54, 1.807) is 6.92 Å². The molecule has 0 amide bonds. The number of esters is 1. The number of carbonyl (C=O) groups excluding carboxylic acids is 1. The van der Waals surface area contributed by atoms with Gasteiger partial charge in [0.15, 0.2) is 5.82 Å². The Balaban J connectivity index is 2.35. The topological polar surface area (TPSA) is 74.3 Å². The summed E-state index contributed by atoms with van der Waals surface area (Å²) in [4.78, 5) is 22.3. The number of ether oxygens (including phenoxy) is 1. The van der Waals surface area contributed by atoms with Crippen molar-refractivity contribution in [2.45, 2.75) is 33.2 Å². The summed E-state index contributed by atoms with van der Waals surface area (Å²) in [6, 6.07) is 0. The lowest BCUT2D eigenvalue weighted by Crippen LogP contribution is -2.14. The fourth-order valence-electron chi connectivity index (χ4n) is 1.51. The van der Waals surface area contributed by atoms with Gasteiger partial charge in [-0.05, 0) is 19.8 Å². The van der Waals surface area contributed by atoms with Crippen LogP contribution in [0.15, 0.2) is 21.5 Å². The van der Waals surface area contributed by atoms with Gasteiger partial charge < -0.3 is 4.74 Å². The van der Waals surface area contributed by atoms with Crippen LogP contribution in [0.3, 0.4) is 0 Å². The molecule has 0 saturated heterocycles. The molecule has 1 atom stereocenters. The molecule has 0 fully saturated rings. The van der Waals surface area contributed by atoms with Crippen molar-refractivity contribution in [1.29, 1.82) is 0 Å². The van der Waals surface area contributed by atoms with Gasteiger partial charge in [0.05, 0.1) is 13.0 Å². The number of aryl methyl sites for hydroxylation is 1. The van der Waals surface area contributed by atoms with E-state index in [1.165, 1.54) is 11.7 Å². The molecule has 0 aliphatic carbocycles. The molecule has 1 aromatic rings. The van der Waals surface area contributed by atoms with Crippen molar-refractivity contribution < 1.29 is 14.1 Å². The van der Waals surface area contributed by atoms with E-state index in [0.717, 1.165) is 12.8 Å². The molecule has 1 heterocycles. The van der Waals surface area contributed by atoms with Gasteiger partial charge in [0.2, 0.25) is 0 Å². The Morgan fingerprint density at radius 1 is 1.56 bits per heavy atom. The molecule has 18 heavy (non-hydrogen) atoms. The van der Waals surface area contributed by atoms with Gasteiger partial charge in [-0.15, -0.1) is 0 Å². The minimum absolute atomic E-state index is 0.111. The van der Waals surface area contributed by atoms with Crippen molar-refractivity contribution in [3.63, 3.8) is 0 Å². The minimum atomic E-state index is -0.458. The number of rotatable bonds is 6. The monoisotopic (exact) mass is 254 g/mol. The smallest absolute Gasteiger partial charge is 0.441 e. The molecule has 0 aromatic carbocycles. The predicted molar refractivity (Wildman–Crippen MR) is 65.1 cm³/mol. The summed E-state index contributed by atoms with van der Waals surface area (Å²) < 4.78 is 10.6. The average molecular weight is 254 g/mol. The van der Waals surface area contributed by atoms with Crippen LogP contribution in [0.5, 0.6) is 0 Å². The van der Waals surface area contributed by atoms with Gasteiger partial charge in [-0.25, -0.2) is 4.79 Å². The standard InChI is InChI=1S/C12H18N2O4/c1-9(11(15)17-3)7-5-4-6-8-14-10(2)13-18-12(14)16/h4,6,9H,5,7-8H2,1-3H3/b6-4-/t9-/m0/s1. The molecule has 100 valence electrons. The van der Waals surface area contributed by atoms with E-state index in [2.05, 4.69) is 14.4 Å². The second-order valence-corrected chi connectivity index (χ2v) is 4.08. The van der Waals surface area contributed by atoms with E-state index in [9.17, 15) is 9.59 Å². The van der Waals surface area contributed by atoms with E-state index in [-0.39, 0.29) is 11.9 Å². The van der Waals surface area contributed by atoms with Crippen molar-refractivity contribution in [3.8, 4) is 0 Å². The molecule has 1 rings (SSSR count). The molecule has 0 N–H and O–H groups in total. The summed E-state index contributed by atoms with van der Waals surface area (Å²) in [7, 11) is 1.38. The van der Waals surface area contributed by atoms with E-state index in [4.69, 9.17) is 0 Å². The molecule has 0 radical (unpaired) electrons. The Bertz CT molecular complexity index is 473. The lowest BCUT2D eigenvalue weighted by atomic mass is 10.1. The number of hydrogen-bond acceptors (Lipinski definition) is 5. The van der Waals surface area contributed by atoms with E-state index in [1.807, 2.05) is 19.1 Å². The Hall–Kier alpha value is -1.85. The third-order valence-corrected chi connectivity index (χ3v) is 2.69. The zero-order chi connectivity index (χ0) is 13.5. The van der Waals surface area contributed by atoms with Gasteiger partial charge in [0.1, 0.15) is 0 Å². The maximum atomic E-state index is 11.2. The number of aromatic nitrogens is 2. The molecular formula is C12H18N2O4. The van der Waals surface area contributed by atoms with Crippen LogP contribution in [-0.2, 0) is 16.1 Å². The minimum Gasteiger partial charge on any atom is -0.469 e. The molecule has 0 aliphatic rings. The van der Waals surface area contributed by atoms with Crippen LogP contribution < -0.4 is 5.76 Å². The van der Waals surface area contributed by atoms with Crippen LogP contribution in [0.25, 0.3) is 0 Å². The van der Waals surface area contributed by atoms with Crippen molar-refractivity contribution in [1.82, 2.24) is 9.72 Å². The SMILES string of the molecule is COC(=O)[C@@H](C)CC/C=C\Cn1c(C)noc1=O. The van der Waals surface area contributed by atoms with Gasteiger partial charge in [-0.3, -0.25) is 13.9 Å². The summed E-state index contributed by atoms with van der Waals surface area (Å²) in [5.74, 6) is -0.221. The molecular weight excluding hydrogens is 236 g/mol. The molecule has 6 nitrogen and oxygen atoms in total. The van der Waals surface area contributed by atoms with E-state index >= 15 is 0 Å². The Labute approximate surface area is 105 Å². The van der Waals surface area contributed by atoms with Gasteiger partial charge in [0.25, 0.3) is 0 Å². The molecule has 1 aromatic heterocycles. The first kappa shape index (κ1) is 14.2. The summed E-state index contributed by atoms with van der Waals surface area (Å²) in [6.45, 7) is 3.97. The Kier molecular flexibility index (Phi) is 5.35. The number of methoxy groups -OCH3 is 1. The van der Waals surface area contributed by atoms with E-state index < -0.39 is 5.76 Å². The molecule has 0 bridgehead atoms. The normalized spacial score (nSPS) is 12.8. The van der Waals surface area contributed by atoms with Crippen molar-refractivity contribution >= 4 is 5.97 Å². The highest BCUT2D eigenvalue weighted by atomic mass is 16.5. The van der Waals surface area contributed by atoms with Crippen molar-refractivity contribution in [2.24, 2.45) is 5.92 Å². The number of nitrogens with zero attached hydrogens (tertiary/aromatic N) is 2. The van der Waals surface area contributed by atoms with Crippen LogP contribution >= 0.6 is 0 Å². The predicted octanol–water partition coefficient (Wildman–Crippen LogP) is 1.29. The second kappa shape index (κ2) is 6.78. The summed E-state index contributed by atoms with van der Waals surface area (Å²) >= 11 is 0. The van der Waals surface area contributed by atoms with Gasteiger partial charge in [0, 0.05) is 6.54 Å². The summed E-state index contributed by atoms with van der Waals surface area (Å²) in [6.07, 6.45) is 5.27. The fraction of sp³-hybridized carbons (Fsp3) is 0.583. The van der Waals surface area contributed by atoms with Crippen molar-refractivity contribution in [2.75, 3.05) is 7.11 Å². The summed E-state index contributed by atoms with van der Waals surface area (Å²) in [5, 5.41) is 3.56. The van der Waals surface area contributed by atoms with Crippen LogP contribution in [0, 0.1) is 12.8 Å². The van der Waals surface area contributed by atoms with Crippen LogP contribution in [0.2, 0.25) is 0 Å². The second-order valence-electron chi connectivity index (χ2n) is 4.08. The maximum Gasteiger partial charge on any atom is 0.441 e. The molecule has 0 saturated carbocycles. The highest BCUT2D eigenvalue weighted by molar-refractivity contribution is 5.71. The number of hydrogen-bond donors (Lipinski definition) is 0. The lowest BCUT2D eigenvalue weighted by Gasteiger charge is -2.06. The van der Waals surface area contributed by atoms with Crippen molar-refractivity contribution in [3.05, 3.63) is 28.5 Å². The third-order valence-electron chi connectivity index (χ3n) is 2.69. The number of carbonyl (C=O) groups is 1. The molecule has 0 unspecified atom stereocenters. The average Bonchev–Trinajstić information content (AvgIpc) is 2.68. The van der Waals surface area contributed by atoms with Crippen LogP contribution in [-0.4, -0.2) is 22.8 Å². The van der Waals surface area contributed by atoms with Crippen LogP contribution in [0.1, 0.15) is 25.6 Å². The van der Waals surface area contributed by atoms with Gasteiger partial charge >= 0.3 is 11.7 Å². The highest BCUT2D eigenvalue weighted by Crippen LogP contribution is 2.07. The third kappa shape index (κ3) is 3.87. The van der Waals surface area contributed by atoms with Gasteiger partial charge in [-0.1, -0.05) is 24.2 Å². The Morgan fingerprint density at radius 2 is 2.28 bits per heavy atom. The highest BCUT2D eigenvalue weighted by Gasteiger charge is 2.11. The lowest BCUT2D eigenvalue weighted by molar-refractivity contribution is -0.144. The quantitative estimate of drug-likeness (QED) is 0.565.